The van der Waals surface area contributed by atoms with Crippen LogP contribution in [0.25, 0.3) is 10.6 Å². The van der Waals surface area contributed by atoms with Crippen molar-refractivity contribution in [3.8, 4) is 10.6 Å². The number of aryl methyl sites for hydroxylation is 1. The Bertz CT molecular complexity index is 857. The molecule has 3 rings (SSSR count). The minimum Gasteiger partial charge on any atom is -0.467 e. The van der Waals surface area contributed by atoms with E-state index in [0.717, 1.165) is 10.6 Å². The maximum atomic E-state index is 12.2. The Labute approximate surface area is 148 Å². The summed E-state index contributed by atoms with van der Waals surface area (Å²) in [4.78, 5) is 28.7. The van der Waals surface area contributed by atoms with Crippen LogP contribution in [0.1, 0.15) is 21.1 Å². The van der Waals surface area contributed by atoms with E-state index in [1.165, 1.54) is 17.6 Å². The number of ether oxygens (including phenoxy) is 1. The molecule has 1 N–H and O–H groups in total. The van der Waals surface area contributed by atoms with Gasteiger partial charge in [0.1, 0.15) is 15.6 Å². The number of aromatic nitrogens is 1. The normalized spacial score (nSPS) is 10.4. The Kier molecular flexibility index (Phi) is 5.25. The van der Waals surface area contributed by atoms with Gasteiger partial charge in [0.05, 0.1) is 18.5 Å². The molecule has 0 radical (unpaired) electrons. The molecule has 0 spiro atoms. The summed E-state index contributed by atoms with van der Waals surface area (Å²) in [7, 11) is 0. The lowest BCUT2D eigenvalue weighted by Crippen LogP contribution is -2.28. The van der Waals surface area contributed by atoms with Gasteiger partial charge in [-0.25, -0.2) is 9.78 Å². The van der Waals surface area contributed by atoms with E-state index in [-0.39, 0.29) is 13.2 Å². The summed E-state index contributed by atoms with van der Waals surface area (Å²) in [5, 5.41) is 3.36. The molecule has 2 heterocycles. The van der Waals surface area contributed by atoms with Gasteiger partial charge in [-0.2, -0.15) is 0 Å². The molecule has 0 bridgehead atoms. The van der Waals surface area contributed by atoms with Gasteiger partial charge < -0.3 is 14.5 Å². The van der Waals surface area contributed by atoms with Crippen LogP contribution in [-0.4, -0.2) is 23.5 Å². The molecule has 0 atom stereocenters. The second-order valence-corrected chi connectivity index (χ2v) is 6.23. The number of benzene rings is 1. The Hall–Kier alpha value is -2.93. The van der Waals surface area contributed by atoms with Crippen molar-refractivity contribution >= 4 is 23.2 Å². The number of amides is 1. The van der Waals surface area contributed by atoms with Crippen LogP contribution in [0.2, 0.25) is 0 Å². The zero-order valence-corrected chi connectivity index (χ0v) is 14.3. The molecule has 128 valence electrons. The van der Waals surface area contributed by atoms with E-state index in [4.69, 9.17) is 9.15 Å². The molecule has 0 saturated carbocycles. The van der Waals surface area contributed by atoms with Gasteiger partial charge in [-0.3, -0.25) is 4.79 Å². The predicted octanol–water partition coefficient (Wildman–Crippen LogP) is 3.18. The second kappa shape index (κ2) is 7.76. The van der Waals surface area contributed by atoms with E-state index in [1.54, 1.807) is 19.1 Å². The van der Waals surface area contributed by atoms with Crippen LogP contribution in [-0.2, 0) is 16.1 Å². The fourth-order valence-electron chi connectivity index (χ4n) is 2.14. The number of furan rings is 1. The number of nitrogens with one attached hydrogen (secondary N) is 1. The molecule has 0 unspecified atom stereocenters. The molecule has 0 fully saturated rings. The van der Waals surface area contributed by atoms with Crippen molar-refractivity contribution in [3.63, 3.8) is 0 Å². The first-order valence-electron chi connectivity index (χ1n) is 7.62. The molecular formula is C18H16N2O4S. The molecule has 0 aliphatic rings. The Balaban J connectivity index is 1.56. The Morgan fingerprint density at radius 2 is 2.00 bits per heavy atom. The number of hydrogen-bond donors (Lipinski definition) is 1. The van der Waals surface area contributed by atoms with Gasteiger partial charge in [0.15, 0.2) is 6.61 Å². The predicted molar refractivity (Wildman–Crippen MR) is 93.1 cm³/mol. The Morgan fingerprint density at radius 1 is 1.20 bits per heavy atom. The van der Waals surface area contributed by atoms with E-state index in [1.807, 2.05) is 30.3 Å². The maximum absolute atomic E-state index is 12.2. The summed E-state index contributed by atoms with van der Waals surface area (Å²) in [5.41, 5.74) is 1.52. The lowest BCUT2D eigenvalue weighted by molar-refractivity contribution is -0.124. The fraction of sp³-hybridized carbons (Fsp3) is 0.167. The van der Waals surface area contributed by atoms with Crippen LogP contribution in [0.5, 0.6) is 0 Å². The van der Waals surface area contributed by atoms with E-state index in [0.29, 0.717) is 16.3 Å². The summed E-state index contributed by atoms with van der Waals surface area (Å²) in [6, 6.07) is 13.1. The lowest BCUT2D eigenvalue weighted by Gasteiger charge is -2.04. The van der Waals surface area contributed by atoms with Gasteiger partial charge in [0.2, 0.25) is 0 Å². The van der Waals surface area contributed by atoms with Crippen molar-refractivity contribution in [1.82, 2.24) is 10.3 Å². The van der Waals surface area contributed by atoms with Gasteiger partial charge in [-0.1, -0.05) is 30.3 Å². The first-order valence-corrected chi connectivity index (χ1v) is 8.44. The van der Waals surface area contributed by atoms with Crippen molar-refractivity contribution in [2.45, 2.75) is 13.5 Å². The molecule has 3 aromatic rings. The van der Waals surface area contributed by atoms with Crippen LogP contribution in [0, 0.1) is 6.92 Å². The fourth-order valence-corrected chi connectivity index (χ4v) is 3.10. The third kappa shape index (κ3) is 4.33. The summed E-state index contributed by atoms with van der Waals surface area (Å²) in [6.45, 7) is 1.65. The summed E-state index contributed by atoms with van der Waals surface area (Å²) in [6.07, 6.45) is 1.53. The summed E-state index contributed by atoms with van der Waals surface area (Å²) in [5.74, 6) is -0.314. The highest BCUT2D eigenvalue weighted by Gasteiger charge is 2.18. The molecule has 1 aromatic carbocycles. The van der Waals surface area contributed by atoms with Gasteiger partial charge in [0, 0.05) is 5.56 Å². The molecule has 0 saturated heterocycles. The molecule has 0 aliphatic heterocycles. The number of rotatable bonds is 6. The third-order valence-electron chi connectivity index (χ3n) is 3.38. The molecule has 0 aliphatic carbocycles. The van der Waals surface area contributed by atoms with Gasteiger partial charge in [-0.15, -0.1) is 11.3 Å². The zero-order chi connectivity index (χ0) is 17.6. The maximum Gasteiger partial charge on any atom is 0.350 e. The highest BCUT2D eigenvalue weighted by Crippen LogP contribution is 2.28. The molecular weight excluding hydrogens is 340 g/mol. The molecule has 2 aromatic heterocycles. The van der Waals surface area contributed by atoms with Crippen LogP contribution in [0.4, 0.5) is 0 Å². The number of thiazole rings is 1. The SMILES string of the molecule is Cc1nc(-c2ccccc2)sc1C(=O)OCC(=O)NCc1ccco1. The second-order valence-electron chi connectivity index (χ2n) is 5.23. The van der Waals surface area contributed by atoms with Crippen molar-refractivity contribution in [3.05, 3.63) is 65.1 Å². The number of esters is 1. The van der Waals surface area contributed by atoms with Gasteiger partial charge in [0.25, 0.3) is 5.91 Å². The highest BCUT2D eigenvalue weighted by molar-refractivity contribution is 7.17. The number of carbonyl (C=O) groups excluding carboxylic acids is 2. The van der Waals surface area contributed by atoms with Crippen LogP contribution < -0.4 is 5.32 Å². The smallest absolute Gasteiger partial charge is 0.350 e. The van der Waals surface area contributed by atoms with Crippen LogP contribution in [0.15, 0.2) is 53.1 Å². The average molecular weight is 356 g/mol. The van der Waals surface area contributed by atoms with Crippen molar-refractivity contribution in [2.75, 3.05) is 6.61 Å². The topological polar surface area (TPSA) is 81.4 Å². The minimum absolute atomic E-state index is 0.251. The minimum atomic E-state index is -0.551. The van der Waals surface area contributed by atoms with Crippen LogP contribution in [0.3, 0.4) is 0 Å². The molecule has 1 amide bonds. The number of nitrogens with zero attached hydrogens (tertiary/aromatic N) is 1. The lowest BCUT2D eigenvalue weighted by atomic mass is 10.2. The zero-order valence-electron chi connectivity index (χ0n) is 13.5. The van der Waals surface area contributed by atoms with Crippen LogP contribution >= 0.6 is 11.3 Å². The number of carbonyl (C=O) groups is 2. The monoisotopic (exact) mass is 356 g/mol. The quantitative estimate of drug-likeness (QED) is 0.686. The summed E-state index contributed by atoms with van der Waals surface area (Å²) < 4.78 is 10.2. The van der Waals surface area contributed by atoms with E-state index < -0.39 is 11.9 Å². The van der Waals surface area contributed by atoms with Crippen molar-refractivity contribution < 1.29 is 18.7 Å². The average Bonchev–Trinajstić information content (AvgIpc) is 3.28. The largest absolute Gasteiger partial charge is 0.467 e. The van der Waals surface area contributed by atoms with Crippen molar-refractivity contribution in [1.29, 1.82) is 0 Å². The third-order valence-corrected chi connectivity index (χ3v) is 4.56. The van der Waals surface area contributed by atoms with E-state index >= 15 is 0 Å². The van der Waals surface area contributed by atoms with Crippen molar-refractivity contribution in [2.24, 2.45) is 0 Å². The number of hydrogen-bond acceptors (Lipinski definition) is 6. The summed E-state index contributed by atoms with van der Waals surface area (Å²) >= 11 is 1.25. The Morgan fingerprint density at radius 3 is 2.72 bits per heavy atom. The first kappa shape index (κ1) is 16.9. The standard InChI is InChI=1S/C18H16N2O4S/c1-12-16(25-17(20-12)13-6-3-2-4-7-13)18(22)24-11-15(21)19-10-14-8-5-9-23-14/h2-9H,10-11H2,1H3,(H,19,21). The molecule has 7 heteroatoms. The first-order chi connectivity index (χ1) is 12.1. The highest BCUT2D eigenvalue weighted by atomic mass is 32.1. The molecule has 6 nitrogen and oxygen atoms in total. The van der Waals surface area contributed by atoms with Gasteiger partial charge >= 0.3 is 5.97 Å². The van der Waals surface area contributed by atoms with E-state index in [2.05, 4.69) is 10.3 Å². The van der Waals surface area contributed by atoms with Gasteiger partial charge in [-0.05, 0) is 19.1 Å². The molecule has 25 heavy (non-hydrogen) atoms. The van der Waals surface area contributed by atoms with E-state index in [9.17, 15) is 9.59 Å².